The Labute approximate surface area is 134 Å². The fourth-order valence-electron chi connectivity index (χ4n) is 1.92. The van der Waals surface area contributed by atoms with Gasteiger partial charge in [0.15, 0.2) is 5.78 Å². The number of carbonyl (C=O) groups excluding carboxylic acids is 1. The van der Waals surface area contributed by atoms with E-state index in [1.54, 1.807) is 12.3 Å². The highest BCUT2D eigenvalue weighted by Crippen LogP contribution is 2.16. The summed E-state index contributed by atoms with van der Waals surface area (Å²) in [5.74, 6) is 0.468. The number of hydrogen-bond acceptors (Lipinski definition) is 2. The standard InChI is InChI=1S/C18H18BrNO/c1-13(2)14-6-8-15(9-7-14)18(21)10-11-20-17-5-3-4-16(19)12-17/h3-13,20H,1-2H3. The summed E-state index contributed by atoms with van der Waals surface area (Å²) in [6.07, 6.45) is 3.21. The molecule has 3 heteroatoms. The first kappa shape index (κ1) is 15.5. The molecule has 0 aliphatic rings. The highest BCUT2D eigenvalue weighted by atomic mass is 79.9. The molecule has 0 amide bonds. The van der Waals surface area contributed by atoms with Gasteiger partial charge in [0.2, 0.25) is 0 Å². The molecular formula is C18H18BrNO. The lowest BCUT2D eigenvalue weighted by Gasteiger charge is -2.05. The predicted molar refractivity (Wildman–Crippen MR) is 91.8 cm³/mol. The number of halogens is 1. The summed E-state index contributed by atoms with van der Waals surface area (Å²) in [4.78, 5) is 12.0. The number of benzene rings is 2. The topological polar surface area (TPSA) is 29.1 Å². The molecule has 108 valence electrons. The maximum absolute atomic E-state index is 12.0. The number of rotatable bonds is 5. The molecule has 2 aromatic carbocycles. The zero-order valence-electron chi connectivity index (χ0n) is 12.1. The molecule has 0 spiro atoms. The van der Waals surface area contributed by atoms with Crippen molar-refractivity contribution in [1.82, 2.24) is 0 Å². The van der Waals surface area contributed by atoms with Crippen molar-refractivity contribution in [2.45, 2.75) is 19.8 Å². The van der Waals surface area contributed by atoms with E-state index in [4.69, 9.17) is 0 Å². The minimum atomic E-state index is -0.00666. The highest BCUT2D eigenvalue weighted by Gasteiger charge is 2.03. The van der Waals surface area contributed by atoms with Crippen LogP contribution in [0.2, 0.25) is 0 Å². The Morgan fingerprint density at radius 3 is 2.48 bits per heavy atom. The second-order valence-electron chi connectivity index (χ2n) is 5.13. The zero-order chi connectivity index (χ0) is 15.2. The molecule has 0 aliphatic heterocycles. The van der Waals surface area contributed by atoms with Gasteiger partial charge < -0.3 is 5.32 Å². The molecule has 2 aromatic rings. The molecule has 0 radical (unpaired) electrons. The van der Waals surface area contributed by atoms with Gasteiger partial charge in [-0.2, -0.15) is 0 Å². The second kappa shape index (κ2) is 7.23. The fraction of sp³-hybridized carbons (Fsp3) is 0.167. The van der Waals surface area contributed by atoms with Gasteiger partial charge in [-0.15, -0.1) is 0 Å². The Hall–Kier alpha value is -1.87. The lowest BCUT2D eigenvalue weighted by molar-refractivity contribution is 0.104. The molecule has 21 heavy (non-hydrogen) atoms. The Kier molecular flexibility index (Phi) is 5.34. The average Bonchev–Trinajstić information content (AvgIpc) is 2.47. The number of allylic oxidation sites excluding steroid dienone is 1. The Balaban J connectivity index is 1.99. The molecule has 2 rings (SSSR count). The Bertz CT molecular complexity index is 645. The highest BCUT2D eigenvalue weighted by molar-refractivity contribution is 9.10. The fourth-order valence-corrected chi connectivity index (χ4v) is 2.32. The van der Waals surface area contributed by atoms with Crippen LogP contribution in [0.4, 0.5) is 5.69 Å². The molecule has 0 unspecified atom stereocenters. The minimum absolute atomic E-state index is 0.00666. The molecule has 0 bridgehead atoms. The largest absolute Gasteiger partial charge is 0.362 e. The van der Waals surface area contributed by atoms with E-state index in [-0.39, 0.29) is 5.78 Å². The number of hydrogen-bond donors (Lipinski definition) is 1. The van der Waals surface area contributed by atoms with E-state index in [9.17, 15) is 4.79 Å². The van der Waals surface area contributed by atoms with E-state index >= 15 is 0 Å². The molecule has 0 aromatic heterocycles. The van der Waals surface area contributed by atoms with Crippen molar-refractivity contribution in [3.8, 4) is 0 Å². The number of ketones is 1. The second-order valence-corrected chi connectivity index (χ2v) is 6.04. The lowest BCUT2D eigenvalue weighted by Crippen LogP contribution is -1.97. The summed E-state index contributed by atoms with van der Waals surface area (Å²) in [6.45, 7) is 4.28. The van der Waals surface area contributed by atoms with Crippen LogP contribution >= 0.6 is 15.9 Å². The quantitative estimate of drug-likeness (QED) is 0.583. The summed E-state index contributed by atoms with van der Waals surface area (Å²) in [6, 6.07) is 15.6. The number of carbonyl (C=O) groups is 1. The molecule has 0 heterocycles. The normalized spacial score (nSPS) is 11.0. The van der Waals surface area contributed by atoms with Crippen molar-refractivity contribution in [1.29, 1.82) is 0 Å². The van der Waals surface area contributed by atoms with Gasteiger partial charge in [0, 0.05) is 28.0 Å². The van der Waals surface area contributed by atoms with Crippen molar-refractivity contribution in [3.63, 3.8) is 0 Å². The SMILES string of the molecule is CC(C)c1ccc(C(=O)C=CNc2cccc(Br)c2)cc1. The van der Waals surface area contributed by atoms with Crippen LogP contribution in [0.25, 0.3) is 0 Å². The third-order valence-electron chi connectivity index (χ3n) is 3.17. The van der Waals surface area contributed by atoms with Gasteiger partial charge in [0.25, 0.3) is 0 Å². The summed E-state index contributed by atoms with van der Waals surface area (Å²) in [7, 11) is 0. The van der Waals surface area contributed by atoms with Crippen molar-refractivity contribution in [2.75, 3.05) is 5.32 Å². The van der Waals surface area contributed by atoms with E-state index in [1.807, 2.05) is 48.5 Å². The van der Waals surface area contributed by atoms with Crippen LogP contribution in [0.1, 0.15) is 35.7 Å². The average molecular weight is 344 g/mol. The van der Waals surface area contributed by atoms with Crippen LogP contribution in [-0.2, 0) is 0 Å². The van der Waals surface area contributed by atoms with Crippen LogP contribution in [0.15, 0.2) is 65.3 Å². The van der Waals surface area contributed by atoms with Crippen molar-refractivity contribution < 1.29 is 4.79 Å². The lowest BCUT2D eigenvalue weighted by atomic mass is 10.0. The van der Waals surface area contributed by atoms with Crippen LogP contribution in [0.5, 0.6) is 0 Å². The van der Waals surface area contributed by atoms with Gasteiger partial charge in [-0.05, 0) is 29.7 Å². The van der Waals surface area contributed by atoms with E-state index in [1.165, 1.54) is 5.56 Å². The molecular weight excluding hydrogens is 326 g/mol. The Morgan fingerprint density at radius 1 is 1.14 bits per heavy atom. The van der Waals surface area contributed by atoms with Gasteiger partial charge in [0.1, 0.15) is 0 Å². The molecule has 2 nitrogen and oxygen atoms in total. The number of anilines is 1. The zero-order valence-corrected chi connectivity index (χ0v) is 13.7. The first-order valence-corrected chi connectivity index (χ1v) is 7.68. The molecule has 0 atom stereocenters. The van der Waals surface area contributed by atoms with E-state index in [0.717, 1.165) is 10.2 Å². The smallest absolute Gasteiger partial charge is 0.187 e. The van der Waals surface area contributed by atoms with Crippen LogP contribution in [0.3, 0.4) is 0 Å². The first-order chi connectivity index (χ1) is 10.1. The third kappa shape index (κ3) is 4.57. The minimum Gasteiger partial charge on any atom is -0.362 e. The van der Waals surface area contributed by atoms with Crippen molar-refractivity contribution in [3.05, 3.63) is 76.4 Å². The van der Waals surface area contributed by atoms with Gasteiger partial charge in [-0.1, -0.05) is 60.1 Å². The van der Waals surface area contributed by atoms with Gasteiger partial charge in [-0.25, -0.2) is 0 Å². The maximum atomic E-state index is 12.0. The summed E-state index contributed by atoms with van der Waals surface area (Å²) < 4.78 is 0.997. The molecule has 1 N–H and O–H groups in total. The van der Waals surface area contributed by atoms with Gasteiger partial charge in [0.05, 0.1) is 0 Å². The van der Waals surface area contributed by atoms with Crippen LogP contribution in [0, 0.1) is 0 Å². The maximum Gasteiger partial charge on any atom is 0.187 e. The van der Waals surface area contributed by atoms with E-state index in [0.29, 0.717) is 11.5 Å². The molecule has 0 aliphatic carbocycles. The molecule has 0 saturated carbocycles. The van der Waals surface area contributed by atoms with Crippen molar-refractivity contribution in [2.24, 2.45) is 0 Å². The van der Waals surface area contributed by atoms with E-state index < -0.39 is 0 Å². The van der Waals surface area contributed by atoms with Crippen LogP contribution in [-0.4, -0.2) is 5.78 Å². The summed E-state index contributed by atoms with van der Waals surface area (Å²) in [5.41, 5.74) is 2.87. The molecule has 0 saturated heterocycles. The number of nitrogens with one attached hydrogen (secondary N) is 1. The summed E-state index contributed by atoms with van der Waals surface area (Å²) >= 11 is 3.41. The monoisotopic (exact) mass is 343 g/mol. The van der Waals surface area contributed by atoms with Crippen molar-refractivity contribution >= 4 is 27.4 Å². The van der Waals surface area contributed by atoms with Crippen LogP contribution < -0.4 is 5.32 Å². The third-order valence-corrected chi connectivity index (χ3v) is 3.66. The summed E-state index contributed by atoms with van der Waals surface area (Å²) in [5, 5.41) is 3.08. The van der Waals surface area contributed by atoms with E-state index in [2.05, 4.69) is 35.1 Å². The predicted octanol–water partition coefficient (Wildman–Crippen LogP) is 5.38. The van der Waals surface area contributed by atoms with Gasteiger partial charge >= 0.3 is 0 Å². The van der Waals surface area contributed by atoms with Gasteiger partial charge in [-0.3, -0.25) is 4.79 Å². The Morgan fingerprint density at radius 2 is 1.86 bits per heavy atom. The molecule has 0 fully saturated rings. The first-order valence-electron chi connectivity index (χ1n) is 6.89.